The van der Waals surface area contributed by atoms with Gasteiger partial charge in [-0.15, -0.1) is 0 Å². The molecule has 0 radical (unpaired) electrons. The van der Waals surface area contributed by atoms with Crippen LogP contribution in [0.1, 0.15) is 29.2 Å². The van der Waals surface area contributed by atoms with Gasteiger partial charge in [0.15, 0.2) is 0 Å². The number of benzene rings is 2. The molecule has 0 fully saturated rings. The summed E-state index contributed by atoms with van der Waals surface area (Å²) >= 11 is 3.21. The quantitative estimate of drug-likeness (QED) is 0.844. The molecule has 1 atom stereocenters. The summed E-state index contributed by atoms with van der Waals surface area (Å²) in [5.74, 6) is -0.380. The summed E-state index contributed by atoms with van der Waals surface area (Å²) in [5, 5.41) is 10.1. The molecule has 5 heteroatoms. The minimum Gasteiger partial charge on any atom is -0.388 e. The zero-order chi connectivity index (χ0) is 14.7. The fraction of sp³-hybridized carbons (Fsp3) is 0.200. The van der Waals surface area contributed by atoms with E-state index < -0.39 is 12.5 Å². The molecule has 1 unspecified atom stereocenters. The van der Waals surface area contributed by atoms with Crippen LogP contribution in [0, 0.1) is 5.82 Å². The Balaban J connectivity index is 2.19. The number of aliphatic hydroxyl groups excluding tert-OH is 1. The average Bonchev–Trinajstić information content (AvgIpc) is 2.42. The van der Waals surface area contributed by atoms with Crippen molar-refractivity contribution in [3.05, 3.63) is 69.4 Å². The zero-order valence-electron chi connectivity index (χ0n) is 10.4. The summed E-state index contributed by atoms with van der Waals surface area (Å²) < 4.78 is 38.7. The van der Waals surface area contributed by atoms with Gasteiger partial charge in [-0.05, 0) is 29.3 Å². The third kappa shape index (κ3) is 3.61. The second-order valence-electron chi connectivity index (χ2n) is 4.43. The second-order valence-corrected chi connectivity index (χ2v) is 5.28. The smallest absolute Gasteiger partial charge is 0.263 e. The highest BCUT2D eigenvalue weighted by atomic mass is 79.9. The van der Waals surface area contributed by atoms with E-state index >= 15 is 0 Å². The topological polar surface area (TPSA) is 20.2 Å². The van der Waals surface area contributed by atoms with E-state index in [0.717, 1.165) is 0 Å². The van der Waals surface area contributed by atoms with Crippen LogP contribution in [0.15, 0.2) is 46.9 Å². The largest absolute Gasteiger partial charge is 0.388 e. The van der Waals surface area contributed by atoms with Gasteiger partial charge < -0.3 is 5.11 Å². The van der Waals surface area contributed by atoms with Gasteiger partial charge in [0.1, 0.15) is 5.82 Å². The Kier molecular flexibility index (Phi) is 4.83. The SMILES string of the molecule is OC(Cc1ccc(F)cc1Br)c1cccc(C(F)F)c1. The first kappa shape index (κ1) is 15.1. The zero-order valence-corrected chi connectivity index (χ0v) is 11.9. The first-order valence-corrected chi connectivity index (χ1v) is 6.76. The summed E-state index contributed by atoms with van der Waals surface area (Å²) in [6.07, 6.45) is -3.27. The number of aliphatic hydroxyl groups is 1. The Labute approximate surface area is 123 Å². The van der Waals surface area contributed by atoms with Crippen LogP contribution in [0.25, 0.3) is 0 Å². The van der Waals surface area contributed by atoms with Crippen LogP contribution in [0.4, 0.5) is 13.2 Å². The maximum atomic E-state index is 13.0. The molecule has 0 aliphatic rings. The van der Waals surface area contributed by atoms with E-state index in [2.05, 4.69) is 15.9 Å². The van der Waals surface area contributed by atoms with E-state index in [1.165, 1.54) is 30.3 Å². The molecular formula is C15H12BrF3O. The molecule has 0 aliphatic carbocycles. The summed E-state index contributed by atoms with van der Waals surface area (Å²) in [7, 11) is 0. The van der Waals surface area contributed by atoms with Crippen molar-refractivity contribution in [2.45, 2.75) is 19.0 Å². The summed E-state index contributed by atoms with van der Waals surface area (Å²) in [6.45, 7) is 0. The number of hydrogen-bond acceptors (Lipinski definition) is 1. The van der Waals surface area contributed by atoms with Crippen LogP contribution < -0.4 is 0 Å². The Morgan fingerprint density at radius 2 is 1.75 bits per heavy atom. The fourth-order valence-corrected chi connectivity index (χ4v) is 2.43. The highest BCUT2D eigenvalue weighted by molar-refractivity contribution is 9.10. The van der Waals surface area contributed by atoms with Crippen LogP contribution in [0.2, 0.25) is 0 Å². The van der Waals surface area contributed by atoms with Crippen molar-refractivity contribution in [1.29, 1.82) is 0 Å². The molecule has 2 rings (SSSR count). The Bertz CT molecular complexity index is 601. The molecule has 2 aromatic carbocycles. The molecule has 20 heavy (non-hydrogen) atoms. The van der Waals surface area contributed by atoms with Gasteiger partial charge in [-0.25, -0.2) is 13.2 Å². The molecule has 2 aromatic rings. The summed E-state index contributed by atoms with van der Waals surface area (Å²) in [4.78, 5) is 0. The minimum atomic E-state index is -2.57. The molecule has 0 saturated carbocycles. The van der Waals surface area contributed by atoms with Crippen molar-refractivity contribution in [3.8, 4) is 0 Å². The summed E-state index contributed by atoms with van der Waals surface area (Å²) in [5.41, 5.74) is 1.00. The molecule has 0 spiro atoms. The number of hydrogen-bond donors (Lipinski definition) is 1. The Hall–Kier alpha value is -1.33. The van der Waals surface area contributed by atoms with Gasteiger partial charge in [0.05, 0.1) is 6.10 Å². The third-order valence-electron chi connectivity index (χ3n) is 2.98. The summed E-state index contributed by atoms with van der Waals surface area (Å²) in [6, 6.07) is 9.83. The van der Waals surface area contributed by atoms with Crippen molar-refractivity contribution in [2.75, 3.05) is 0 Å². The predicted molar refractivity (Wildman–Crippen MR) is 74.2 cm³/mol. The van der Waals surface area contributed by atoms with Gasteiger partial charge in [-0.2, -0.15) is 0 Å². The number of rotatable bonds is 4. The number of alkyl halides is 2. The third-order valence-corrected chi connectivity index (χ3v) is 3.71. The second kappa shape index (κ2) is 6.41. The van der Waals surface area contributed by atoms with E-state index in [-0.39, 0.29) is 17.8 Å². The van der Waals surface area contributed by atoms with Crippen molar-refractivity contribution in [3.63, 3.8) is 0 Å². The van der Waals surface area contributed by atoms with E-state index in [4.69, 9.17) is 0 Å². The van der Waals surface area contributed by atoms with E-state index in [0.29, 0.717) is 15.6 Å². The van der Waals surface area contributed by atoms with Crippen LogP contribution in [-0.4, -0.2) is 5.11 Å². The molecule has 1 N–H and O–H groups in total. The Morgan fingerprint density at radius 3 is 2.40 bits per heavy atom. The van der Waals surface area contributed by atoms with Gasteiger partial charge in [0.25, 0.3) is 6.43 Å². The minimum absolute atomic E-state index is 0.125. The van der Waals surface area contributed by atoms with Crippen molar-refractivity contribution >= 4 is 15.9 Å². The van der Waals surface area contributed by atoms with Crippen molar-refractivity contribution in [1.82, 2.24) is 0 Å². The number of halogens is 4. The van der Waals surface area contributed by atoms with Gasteiger partial charge >= 0.3 is 0 Å². The van der Waals surface area contributed by atoms with Gasteiger partial charge in [0.2, 0.25) is 0 Å². The molecule has 106 valence electrons. The van der Waals surface area contributed by atoms with Crippen molar-refractivity contribution in [2.24, 2.45) is 0 Å². The van der Waals surface area contributed by atoms with E-state index in [1.807, 2.05) is 0 Å². The fourth-order valence-electron chi connectivity index (χ4n) is 1.92. The van der Waals surface area contributed by atoms with E-state index in [1.54, 1.807) is 12.1 Å². The molecule has 0 aromatic heterocycles. The highest BCUT2D eigenvalue weighted by Gasteiger charge is 2.14. The maximum Gasteiger partial charge on any atom is 0.263 e. The van der Waals surface area contributed by atoms with Gasteiger partial charge in [0, 0.05) is 16.5 Å². The molecule has 0 aliphatic heterocycles. The van der Waals surface area contributed by atoms with Crippen LogP contribution in [0.5, 0.6) is 0 Å². The molecule has 0 saturated heterocycles. The first-order valence-electron chi connectivity index (χ1n) is 5.97. The van der Waals surface area contributed by atoms with Crippen LogP contribution >= 0.6 is 15.9 Å². The molecule has 0 amide bonds. The lowest BCUT2D eigenvalue weighted by Crippen LogP contribution is -2.03. The van der Waals surface area contributed by atoms with Crippen LogP contribution in [-0.2, 0) is 6.42 Å². The molecular weight excluding hydrogens is 333 g/mol. The lowest BCUT2D eigenvalue weighted by Gasteiger charge is -2.13. The highest BCUT2D eigenvalue weighted by Crippen LogP contribution is 2.27. The predicted octanol–water partition coefficient (Wildman–Crippen LogP) is 4.80. The van der Waals surface area contributed by atoms with Crippen LogP contribution in [0.3, 0.4) is 0 Å². The lowest BCUT2D eigenvalue weighted by molar-refractivity contribution is 0.149. The van der Waals surface area contributed by atoms with E-state index in [9.17, 15) is 18.3 Å². The maximum absolute atomic E-state index is 13.0. The molecule has 0 bridgehead atoms. The van der Waals surface area contributed by atoms with Gasteiger partial charge in [-0.1, -0.05) is 40.2 Å². The lowest BCUT2D eigenvalue weighted by atomic mass is 10.00. The monoisotopic (exact) mass is 344 g/mol. The standard InChI is InChI=1S/C15H12BrF3O/c16-13-8-12(17)5-4-9(13)7-14(20)10-2-1-3-11(6-10)15(18)19/h1-6,8,14-15,20H,7H2. The van der Waals surface area contributed by atoms with Crippen molar-refractivity contribution < 1.29 is 18.3 Å². The first-order chi connectivity index (χ1) is 9.47. The normalized spacial score (nSPS) is 12.7. The average molecular weight is 345 g/mol. The molecule has 1 nitrogen and oxygen atoms in total. The van der Waals surface area contributed by atoms with Gasteiger partial charge in [-0.3, -0.25) is 0 Å². The Morgan fingerprint density at radius 1 is 1.05 bits per heavy atom. The molecule has 0 heterocycles.